The van der Waals surface area contributed by atoms with Crippen molar-refractivity contribution in [2.45, 2.75) is 37.8 Å². The van der Waals surface area contributed by atoms with E-state index in [-0.39, 0.29) is 29.6 Å². The number of hydrogen-bond donors (Lipinski definition) is 3. The van der Waals surface area contributed by atoms with Gasteiger partial charge in [0.15, 0.2) is 11.5 Å². The van der Waals surface area contributed by atoms with Crippen LogP contribution in [0.25, 0.3) is 0 Å². The first kappa shape index (κ1) is 24.6. The molecule has 1 unspecified atom stereocenters. The normalized spacial score (nSPS) is 21.0. The number of nitrogens with one attached hydrogen (secondary N) is 1. The molecule has 37 heavy (non-hydrogen) atoms. The number of piperidine rings is 2. The van der Waals surface area contributed by atoms with Crippen LogP contribution in [0.15, 0.2) is 18.6 Å². The number of rotatable bonds is 6. The predicted molar refractivity (Wildman–Crippen MR) is 134 cm³/mol. The molecule has 0 saturated carbocycles. The molecule has 0 spiro atoms. The number of likely N-dealkylation sites (tertiary alicyclic amines) is 1. The lowest BCUT2D eigenvalue weighted by molar-refractivity contribution is 0.0995. The van der Waals surface area contributed by atoms with E-state index < -0.39 is 12.0 Å². The third-order valence-corrected chi connectivity index (χ3v) is 7.38. The van der Waals surface area contributed by atoms with Crippen molar-refractivity contribution in [3.63, 3.8) is 0 Å². The van der Waals surface area contributed by atoms with Crippen molar-refractivity contribution >= 4 is 35.4 Å². The zero-order valence-corrected chi connectivity index (χ0v) is 20.8. The number of amides is 4. The number of urea groups is 1. The Morgan fingerprint density at radius 1 is 1.08 bits per heavy atom. The van der Waals surface area contributed by atoms with Crippen LogP contribution in [0.3, 0.4) is 0 Å². The Labute approximate surface area is 214 Å². The fraction of sp³-hybridized carbons (Fsp3) is 0.565. The molecular weight excluding hydrogens is 480 g/mol. The highest BCUT2D eigenvalue weighted by atomic mass is 16.4. The summed E-state index contributed by atoms with van der Waals surface area (Å²) in [6.45, 7) is 3.76. The molecular formula is C23H32N10O4. The molecule has 5 rings (SSSR count). The minimum absolute atomic E-state index is 0.0242. The van der Waals surface area contributed by atoms with Crippen molar-refractivity contribution in [2.24, 2.45) is 5.73 Å². The molecule has 3 aliphatic heterocycles. The van der Waals surface area contributed by atoms with Gasteiger partial charge in [-0.2, -0.15) is 5.10 Å². The maximum Gasteiger partial charge on any atom is 0.407 e. The van der Waals surface area contributed by atoms with Crippen molar-refractivity contribution in [1.82, 2.24) is 34.4 Å². The first-order valence-electron chi connectivity index (χ1n) is 12.5. The number of hydrogen-bond acceptors (Lipinski definition) is 8. The predicted octanol–water partition coefficient (Wildman–Crippen LogP) is 1.17. The zero-order chi connectivity index (χ0) is 26.1. The average Bonchev–Trinajstić information content (AvgIpc) is 3.50. The fourth-order valence-corrected chi connectivity index (χ4v) is 5.28. The van der Waals surface area contributed by atoms with Crippen molar-refractivity contribution in [2.75, 3.05) is 56.5 Å². The topological polar surface area (TPSA) is 166 Å². The molecule has 0 radical (unpaired) electrons. The summed E-state index contributed by atoms with van der Waals surface area (Å²) >= 11 is 0. The summed E-state index contributed by atoms with van der Waals surface area (Å²) in [5.74, 6) is 0.146. The number of likely N-dealkylation sites (N-methyl/N-ethyl adjacent to an activating group) is 1. The number of aromatic nitrogens is 4. The van der Waals surface area contributed by atoms with Crippen molar-refractivity contribution in [3.8, 4) is 0 Å². The highest BCUT2D eigenvalue weighted by Gasteiger charge is 2.34. The van der Waals surface area contributed by atoms with Crippen molar-refractivity contribution in [1.29, 1.82) is 0 Å². The lowest BCUT2D eigenvalue weighted by Crippen LogP contribution is -2.49. The second kappa shape index (κ2) is 10.1. The fourth-order valence-electron chi connectivity index (χ4n) is 5.28. The number of carboxylic acid groups (broad SMARTS) is 1. The molecule has 4 N–H and O–H groups in total. The van der Waals surface area contributed by atoms with Crippen LogP contribution in [0, 0.1) is 0 Å². The molecule has 3 fully saturated rings. The van der Waals surface area contributed by atoms with Gasteiger partial charge in [0.05, 0.1) is 30.2 Å². The van der Waals surface area contributed by atoms with Crippen LogP contribution in [-0.4, -0.2) is 110 Å². The van der Waals surface area contributed by atoms with Crippen LogP contribution in [0.4, 0.5) is 26.9 Å². The molecule has 5 heterocycles. The summed E-state index contributed by atoms with van der Waals surface area (Å²) in [4.78, 5) is 51.9. The van der Waals surface area contributed by atoms with E-state index in [4.69, 9.17) is 10.8 Å². The Balaban J connectivity index is 1.30. The first-order chi connectivity index (χ1) is 17.8. The highest BCUT2D eigenvalue weighted by Crippen LogP contribution is 2.27. The van der Waals surface area contributed by atoms with Gasteiger partial charge in [-0.05, 0) is 25.7 Å². The molecule has 0 bridgehead atoms. The van der Waals surface area contributed by atoms with Gasteiger partial charge in [0.25, 0.3) is 5.91 Å². The molecule has 2 aromatic rings. The molecule has 14 heteroatoms. The maximum absolute atomic E-state index is 12.5. The minimum atomic E-state index is -0.905. The van der Waals surface area contributed by atoms with E-state index in [1.54, 1.807) is 17.3 Å². The smallest absolute Gasteiger partial charge is 0.407 e. The van der Waals surface area contributed by atoms with E-state index in [0.717, 1.165) is 25.9 Å². The Bertz CT molecular complexity index is 1180. The van der Waals surface area contributed by atoms with E-state index in [1.807, 2.05) is 22.8 Å². The van der Waals surface area contributed by atoms with Crippen LogP contribution in [-0.2, 0) is 0 Å². The van der Waals surface area contributed by atoms with Gasteiger partial charge < -0.3 is 35.8 Å². The molecule has 198 valence electrons. The second-order valence-electron chi connectivity index (χ2n) is 9.76. The molecule has 3 aliphatic rings. The SMILES string of the molecule is CN1CCN(C2CCCN(c3cnc(C(N)=O)c(Nc4cnn(C5CCN(C(=O)O)CC5)c4)n3)C2)C1=O. The molecule has 3 saturated heterocycles. The second-order valence-corrected chi connectivity index (χ2v) is 9.76. The molecule has 0 aromatic carbocycles. The molecule has 1 atom stereocenters. The summed E-state index contributed by atoms with van der Waals surface area (Å²) in [5.41, 5.74) is 6.22. The van der Waals surface area contributed by atoms with Crippen LogP contribution in [0.5, 0.6) is 0 Å². The van der Waals surface area contributed by atoms with Gasteiger partial charge in [-0.1, -0.05) is 0 Å². The van der Waals surface area contributed by atoms with Crippen LogP contribution < -0.4 is 16.0 Å². The number of carbonyl (C=O) groups is 3. The van der Waals surface area contributed by atoms with E-state index in [9.17, 15) is 14.4 Å². The summed E-state index contributed by atoms with van der Waals surface area (Å²) in [6.07, 6.45) is 7.26. The minimum Gasteiger partial charge on any atom is -0.465 e. The van der Waals surface area contributed by atoms with Crippen LogP contribution >= 0.6 is 0 Å². The Hall–Kier alpha value is -4.10. The number of nitrogens with zero attached hydrogens (tertiary/aromatic N) is 8. The number of nitrogens with two attached hydrogens (primary N) is 1. The van der Waals surface area contributed by atoms with E-state index in [1.165, 1.54) is 4.90 Å². The Kier molecular flexibility index (Phi) is 6.72. The largest absolute Gasteiger partial charge is 0.465 e. The van der Waals surface area contributed by atoms with E-state index in [0.29, 0.717) is 50.5 Å². The van der Waals surface area contributed by atoms with Gasteiger partial charge in [-0.25, -0.2) is 19.6 Å². The number of anilines is 3. The zero-order valence-electron chi connectivity index (χ0n) is 20.8. The molecule has 14 nitrogen and oxygen atoms in total. The average molecular weight is 513 g/mol. The van der Waals surface area contributed by atoms with Crippen LogP contribution in [0.1, 0.15) is 42.2 Å². The quantitative estimate of drug-likeness (QED) is 0.515. The third kappa shape index (κ3) is 5.08. The van der Waals surface area contributed by atoms with Gasteiger partial charge in [-0.3, -0.25) is 9.48 Å². The summed E-state index contributed by atoms with van der Waals surface area (Å²) in [5, 5.41) is 16.7. The maximum atomic E-state index is 12.5. The third-order valence-electron chi connectivity index (χ3n) is 7.38. The summed E-state index contributed by atoms with van der Waals surface area (Å²) in [6, 6.07) is 0.220. The Morgan fingerprint density at radius 3 is 2.54 bits per heavy atom. The summed E-state index contributed by atoms with van der Waals surface area (Å²) in [7, 11) is 1.82. The molecule has 0 aliphatic carbocycles. The highest BCUT2D eigenvalue weighted by molar-refractivity contribution is 5.96. The number of carbonyl (C=O) groups excluding carboxylic acids is 2. The molecule has 4 amide bonds. The monoisotopic (exact) mass is 512 g/mol. The van der Waals surface area contributed by atoms with Crippen molar-refractivity contribution < 1.29 is 19.5 Å². The van der Waals surface area contributed by atoms with E-state index >= 15 is 0 Å². The number of primary amides is 1. The van der Waals surface area contributed by atoms with Gasteiger partial charge >= 0.3 is 12.1 Å². The summed E-state index contributed by atoms with van der Waals surface area (Å²) < 4.78 is 1.81. The standard InChI is InChI=1S/C23H32N10O4/c1-29-9-10-32(22(29)35)17-3-2-6-31(14-17)18-12-25-19(20(24)34)21(28-18)27-15-11-26-33(13-15)16-4-7-30(8-5-16)23(36)37/h11-13,16-17H,2-10,14H2,1H3,(H2,24,34)(H,27,28)(H,36,37). The lowest BCUT2D eigenvalue weighted by Gasteiger charge is -2.37. The lowest BCUT2D eigenvalue weighted by atomic mass is 10.0. The van der Waals surface area contributed by atoms with Gasteiger partial charge in [-0.15, -0.1) is 0 Å². The first-order valence-corrected chi connectivity index (χ1v) is 12.5. The van der Waals surface area contributed by atoms with Crippen molar-refractivity contribution in [3.05, 3.63) is 24.3 Å². The van der Waals surface area contributed by atoms with Gasteiger partial charge in [0.2, 0.25) is 0 Å². The van der Waals surface area contributed by atoms with Crippen LogP contribution in [0.2, 0.25) is 0 Å². The van der Waals surface area contributed by atoms with Gasteiger partial charge in [0.1, 0.15) is 5.82 Å². The molecule has 2 aromatic heterocycles. The van der Waals surface area contributed by atoms with Gasteiger partial charge in [0, 0.05) is 52.5 Å². The van der Waals surface area contributed by atoms with E-state index in [2.05, 4.69) is 25.3 Å². The Morgan fingerprint density at radius 2 is 1.86 bits per heavy atom.